The topological polar surface area (TPSA) is 21.7 Å². The van der Waals surface area contributed by atoms with E-state index >= 15 is 0 Å². The first-order chi connectivity index (χ1) is 15.1. The molecule has 0 bridgehead atoms. The normalized spacial score (nSPS) is 20.4. The van der Waals surface area contributed by atoms with Crippen LogP contribution in [0.2, 0.25) is 0 Å². The van der Waals surface area contributed by atoms with E-state index in [0.717, 1.165) is 44.9 Å². The summed E-state index contributed by atoms with van der Waals surface area (Å²) in [6, 6.07) is 14.8. The van der Waals surface area contributed by atoms with Gasteiger partial charge in [-0.25, -0.2) is 0 Å². The van der Waals surface area contributed by atoms with Crippen molar-refractivity contribution in [3.63, 3.8) is 0 Å². The van der Waals surface area contributed by atoms with Crippen molar-refractivity contribution in [1.82, 2.24) is 0 Å². The number of unbranched alkanes of at least 4 members (excludes halogenated alkanes) is 1. The van der Waals surface area contributed by atoms with Gasteiger partial charge in [0.1, 0.15) is 17.6 Å². The molecule has 0 aromatic heterocycles. The summed E-state index contributed by atoms with van der Waals surface area (Å²) in [5, 5.41) is 0. The molecule has 31 heavy (non-hydrogen) atoms. The van der Waals surface area contributed by atoms with Crippen LogP contribution in [-0.2, 0) is 0 Å². The Morgan fingerprint density at radius 2 is 1.90 bits per heavy atom. The smallest absolute Gasteiger partial charge is 0.145 e. The van der Waals surface area contributed by atoms with Gasteiger partial charge >= 0.3 is 0 Å². The predicted molar refractivity (Wildman–Crippen MR) is 136 cm³/mol. The average Bonchev–Trinajstić information content (AvgIpc) is 2.78. The Morgan fingerprint density at radius 3 is 2.65 bits per heavy atom. The summed E-state index contributed by atoms with van der Waals surface area (Å²) in [5.74, 6) is 2.44. The molecule has 4 rings (SSSR count). The van der Waals surface area contributed by atoms with Crippen LogP contribution in [0, 0.1) is 5.92 Å². The minimum Gasteiger partial charge on any atom is -0.493 e. The number of fused-ring (bicyclic) bond motifs is 2. The molecule has 2 aromatic rings. The SMILES string of the molecule is CCCCC(CC)COc1ccc(N2c3ccc(Br)cc3OC3C=C(Br)C=CC32)cc1. The minimum absolute atomic E-state index is 0.0546. The first-order valence-corrected chi connectivity index (χ1v) is 12.7. The van der Waals surface area contributed by atoms with Gasteiger partial charge in [-0.15, -0.1) is 0 Å². The van der Waals surface area contributed by atoms with Crippen molar-refractivity contribution >= 4 is 43.2 Å². The van der Waals surface area contributed by atoms with Gasteiger partial charge < -0.3 is 14.4 Å². The average molecular weight is 547 g/mol. The first kappa shape index (κ1) is 22.5. The van der Waals surface area contributed by atoms with E-state index in [1.807, 2.05) is 6.07 Å². The lowest BCUT2D eigenvalue weighted by atomic mass is 9.99. The third-order valence-electron chi connectivity index (χ3n) is 6.00. The fourth-order valence-corrected chi connectivity index (χ4v) is 4.92. The standard InChI is InChI=1S/C26H29Br2NO2/c1-3-5-6-18(4-2)17-30-22-11-9-21(10-12-22)29-23-13-7-19(27)15-25(23)31-26-16-20(28)8-14-24(26)29/h7-16,18,23,25H,3-6,17H2,1-2H3. The zero-order chi connectivity index (χ0) is 21.8. The highest BCUT2D eigenvalue weighted by Gasteiger charge is 2.35. The van der Waals surface area contributed by atoms with E-state index in [9.17, 15) is 0 Å². The van der Waals surface area contributed by atoms with Crippen molar-refractivity contribution in [2.24, 2.45) is 5.92 Å². The summed E-state index contributed by atoms with van der Waals surface area (Å²) in [4.78, 5) is 2.35. The van der Waals surface area contributed by atoms with Gasteiger partial charge in [0.25, 0.3) is 0 Å². The van der Waals surface area contributed by atoms with Gasteiger partial charge in [0.2, 0.25) is 0 Å². The molecule has 0 amide bonds. The van der Waals surface area contributed by atoms with Gasteiger partial charge in [-0.1, -0.05) is 71.0 Å². The molecular weight excluding hydrogens is 518 g/mol. The lowest BCUT2D eigenvalue weighted by Crippen LogP contribution is -2.46. The molecular formula is C26H29Br2NO2. The maximum Gasteiger partial charge on any atom is 0.145 e. The highest BCUT2D eigenvalue weighted by atomic mass is 79.9. The third kappa shape index (κ3) is 5.20. The highest BCUT2D eigenvalue weighted by molar-refractivity contribution is 9.12. The Morgan fingerprint density at radius 1 is 1.10 bits per heavy atom. The Labute approximate surface area is 202 Å². The van der Waals surface area contributed by atoms with Gasteiger partial charge in [-0.3, -0.25) is 0 Å². The van der Waals surface area contributed by atoms with Crippen molar-refractivity contribution in [1.29, 1.82) is 0 Å². The van der Waals surface area contributed by atoms with Crippen LogP contribution >= 0.6 is 31.9 Å². The van der Waals surface area contributed by atoms with Crippen molar-refractivity contribution in [3.05, 3.63) is 69.6 Å². The third-order valence-corrected chi connectivity index (χ3v) is 7.02. The van der Waals surface area contributed by atoms with Crippen LogP contribution in [0.4, 0.5) is 11.4 Å². The second kappa shape index (κ2) is 10.3. The Bertz CT molecular complexity index is 954. The first-order valence-electron chi connectivity index (χ1n) is 11.1. The molecule has 0 saturated carbocycles. The predicted octanol–water partition coefficient (Wildman–Crippen LogP) is 8.16. The maximum atomic E-state index is 6.32. The van der Waals surface area contributed by atoms with E-state index in [2.05, 4.69) is 105 Å². The van der Waals surface area contributed by atoms with Crippen LogP contribution in [0.3, 0.4) is 0 Å². The van der Waals surface area contributed by atoms with Crippen molar-refractivity contribution in [3.8, 4) is 11.5 Å². The number of allylic oxidation sites excluding steroid dienone is 2. The summed E-state index contributed by atoms with van der Waals surface area (Å²) in [7, 11) is 0. The summed E-state index contributed by atoms with van der Waals surface area (Å²) in [6.07, 6.45) is 11.3. The number of rotatable bonds is 8. The van der Waals surface area contributed by atoms with E-state index in [0.29, 0.717) is 5.92 Å². The second-order valence-corrected chi connectivity index (χ2v) is 10.0. The van der Waals surface area contributed by atoms with Crippen molar-refractivity contribution < 1.29 is 9.47 Å². The highest BCUT2D eigenvalue weighted by Crippen LogP contribution is 2.44. The Balaban J connectivity index is 1.56. The Kier molecular flexibility index (Phi) is 7.44. The number of halogens is 2. The van der Waals surface area contributed by atoms with Gasteiger partial charge in [0.15, 0.2) is 0 Å². The van der Waals surface area contributed by atoms with Crippen LogP contribution < -0.4 is 14.4 Å². The molecule has 1 aliphatic heterocycles. The molecule has 0 fully saturated rings. The molecule has 1 heterocycles. The fourth-order valence-electron chi connectivity index (χ4n) is 4.16. The molecule has 2 aliphatic rings. The van der Waals surface area contributed by atoms with Crippen molar-refractivity contribution in [2.75, 3.05) is 11.5 Å². The Hall–Kier alpha value is -1.72. The summed E-state index contributed by atoms with van der Waals surface area (Å²) in [5.41, 5.74) is 2.20. The van der Waals surface area contributed by atoms with Gasteiger partial charge in [-0.05, 0) is 67.0 Å². The van der Waals surface area contributed by atoms with Gasteiger partial charge in [-0.2, -0.15) is 0 Å². The van der Waals surface area contributed by atoms with Crippen LogP contribution in [0.5, 0.6) is 11.5 Å². The number of hydrogen-bond acceptors (Lipinski definition) is 3. The number of benzene rings is 2. The summed E-state index contributed by atoms with van der Waals surface area (Å²) in [6.45, 7) is 5.29. The lowest BCUT2D eigenvalue weighted by Gasteiger charge is -2.42. The molecule has 0 spiro atoms. The summed E-state index contributed by atoms with van der Waals surface area (Å²) >= 11 is 7.16. The number of ether oxygens (including phenoxy) is 2. The zero-order valence-electron chi connectivity index (χ0n) is 18.1. The molecule has 0 N–H and O–H groups in total. The van der Waals surface area contributed by atoms with Crippen LogP contribution in [0.25, 0.3) is 0 Å². The number of nitrogens with zero attached hydrogens (tertiary/aromatic N) is 1. The van der Waals surface area contributed by atoms with Gasteiger partial charge in [0, 0.05) is 14.6 Å². The van der Waals surface area contributed by atoms with Crippen molar-refractivity contribution in [2.45, 2.75) is 51.7 Å². The second-order valence-electron chi connectivity index (χ2n) is 8.19. The van der Waals surface area contributed by atoms with Crippen LogP contribution in [0.15, 0.2) is 69.6 Å². The molecule has 0 radical (unpaired) electrons. The van der Waals surface area contributed by atoms with E-state index in [-0.39, 0.29) is 12.1 Å². The number of anilines is 2. The zero-order valence-corrected chi connectivity index (χ0v) is 21.2. The maximum absolute atomic E-state index is 6.32. The molecule has 2 aromatic carbocycles. The van der Waals surface area contributed by atoms with E-state index < -0.39 is 0 Å². The largest absolute Gasteiger partial charge is 0.493 e. The molecule has 5 heteroatoms. The quantitative estimate of drug-likeness (QED) is 0.333. The molecule has 1 aliphatic carbocycles. The molecule has 0 saturated heterocycles. The van der Waals surface area contributed by atoms with Crippen LogP contribution in [-0.4, -0.2) is 18.8 Å². The molecule has 164 valence electrons. The monoisotopic (exact) mass is 545 g/mol. The van der Waals surface area contributed by atoms with Gasteiger partial charge in [0.05, 0.1) is 18.3 Å². The summed E-state index contributed by atoms with van der Waals surface area (Å²) < 4.78 is 14.5. The number of hydrogen-bond donors (Lipinski definition) is 0. The van der Waals surface area contributed by atoms with E-state index in [1.54, 1.807) is 0 Å². The van der Waals surface area contributed by atoms with E-state index in [1.165, 1.54) is 19.3 Å². The fraction of sp³-hybridized carbons (Fsp3) is 0.385. The molecule has 3 atom stereocenters. The lowest BCUT2D eigenvalue weighted by molar-refractivity contribution is 0.217. The van der Waals surface area contributed by atoms with E-state index in [4.69, 9.17) is 9.47 Å². The molecule has 3 unspecified atom stereocenters. The molecule has 3 nitrogen and oxygen atoms in total. The minimum atomic E-state index is -0.0546. The van der Waals surface area contributed by atoms with Crippen LogP contribution in [0.1, 0.15) is 39.5 Å².